The van der Waals surface area contributed by atoms with Crippen LogP contribution in [0.1, 0.15) is 16.9 Å². The molecule has 4 aromatic rings. The molecule has 0 aliphatic rings. The van der Waals surface area contributed by atoms with Gasteiger partial charge in [0.05, 0.1) is 35.9 Å². The van der Waals surface area contributed by atoms with Gasteiger partial charge in [0, 0.05) is 18.1 Å². The summed E-state index contributed by atoms with van der Waals surface area (Å²) in [7, 11) is 0. The van der Waals surface area contributed by atoms with E-state index < -0.39 is 35.1 Å². The molecule has 4 rings (SSSR count). The number of alkyl halides is 6. The molecule has 3 aromatic heterocycles. The van der Waals surface area contributed by atoms with Gasteiger partial charge in [-0.15, -0.1) is 10.2 Å². The molecule has 3 heterocycles. The standard InChI is InChI=1S/C21H14F6N6O2S/c22-20(23,24)12-6-13(21(25,26)27)8-14(7-12)30-17(34)11-36-19-32-31-18(16-9-28-3-4-29-16)33(19)10-15-2-1-5-35-15/h1-9H,10-11H2,(H,30,34). The second kappa shape index (κ2) is 10.0. The second-order valence-electron chi connectivity index (χ2n) is 7.19. The van der Waals surface area contributed by atoms with E-state index >= 15 is 0 Å². The summed E-state index contributed by atoms with van der Waals surface area (Å²) in [6, 6.07) is 4.22. The van der Waals surface area contributed by atoms with Gasteiger partial charge < -0.3 is 9.73 Å². The van der Waals surface area contributed by atoms with E-state index in [1.165, 1.54) is 24.9 Å². The number of carbonyl (C=O) groups excluding carboxylic acids is 1. The van der Waals surface area contributed by atoms with Crippen LogP contribution in [0.15, 0.2) is 64.8 Å². The van der Waals surface area contributed by atoms with Crippen molar-refractivity contribution in [2.45, 2.75) is 24.1 Å². The van der Waals surface area contributed by atoms with Gasteiger partial charge in [0.25, 0.3) is 0 Å². The number of amides is 1. The molecule has 0 saturated heterocycles. The fourth-order valence-corrected chi connectivity index (χ4v) is 3.79. The Kier molecular flexibility index (Phi) is 7.01. The Labute approximate surface area is 202 Å². The number of halogens is 6. The molecular weight excluding hydrogens is 514 g/mol. The van der Waals surface area contributed by atoms with Crippen LogP contribution in [0.2, 0.25) is 0 Å². The minimum absolute atomic E-state index is 0.0183. The summed E-state index contributed by atoms with van der Waals surface area (Å²) in [4.78, 5) is 20.6. The van der Waals surface area contributed by atoms with Crippen LogP contribution in [0.5, 0.6) is 0 Å². The van der Waals surface area contributed by atoms with Crippen molar-refractivity contribution in [2.24, 2.45) is 0 Å². The lowest BCUT2D eigenvalue weighted by Crippen LogP contribution is -2.17. The lowest BCUT2D eigenvalue weighted by Gasteiger charge is -2.14. The third-order valence-electron chi connectivity index (χ3n) is 4.61. The molecule has 1 amide bonds. The number of anilines is 1. The average Bonchev–Trinajstić information content (AvgIpc) is 3.47. The fraction of sp³-hybridized carbons (Fsp3) is 0.190. The zero-order valence-electron chi connectivity index (χ0n) is 17.8. The van der Waals surface area contributed by atoms with Crippen LogP contribution in [0.3, 0.4) is 0 Å². The summed E-state index contributed by atoms with van der Waals surface area (Å²) >= 11 is 0.874. The number of nitrogens with one attached hydrogen (secondary N) is 1. The lowest BCUT2D eigenvalue weighted by molar-refractivity contribution is -0.143. The molecule has 0 fully saturated rings. The Morgan fingerprint density at radius 1 is 1.03 bits per heavy atom. The highest BCUT2D eigenvalue weighted by Crippen LogP contribution is 2.37. The highest BCUT2D eigenvalue weighted by molar-refractivity contribution is 7.99. The normalized spacial score (nSPS) is 12.1. The van der Waals surface area contributed by atoms with Crippen LogP contribution in [0.4, 0.5) is 32.0 Å². The van der Waals surface area contributed by atoms with E-state index in [1.807, 2.05) is 0 Å². The quantitative estimate of drug-likeness (QED) is 0.262. The first-order valence-electron chi connectivity index (χ1n) is 9.95. The van der Waals surface area contributed by atoms with Crippen LogP contribution < -0.4 is 5.32 Å². The molecule has 0 radical (unpaired) electrons. The Balaban J connectivity index is 1.54. The van der Waals surface area contributed by atoms with Gasteiger partial charge in [-0.3, -0.25) is 14.3 Å². The highest BCUT2D eigenvalue weighted by atomic mass is 32.2. The van der Waals surface area contributed by atoms with E-state index in [2.05, 4.69) is 25.5 Å². The highest BCUT2D eigenvalue weighted by Gasteiger charge is 2.37. The van der Waals surface area contributed by atoms with E-state index in [4.69, 9.17) is 4.42 Å². The first kappa shape index (κ1) is 25.2. The van der Waals surface area contributed by atoms with Crippen molar-refractivity contribution in [3.8, 4) is 11.5 Å². The Morgan fingerprint density at radius 2 is 1.75 bits per heavy atom. The predicted octanol–water partition coefficient (Wildman–Crippen LogP) is 5.14. The third-order valence-corrected chi connectivity index (χ3v) is 5.57. The van der Waals surface area contributed by atoms with Crippen molar-refractivity contribution >= 4 is 23.4 Å². The summed E-state index contributed by atoms with van der Waals surface area (Å²) in [6.07, 6.45) is -4.23. The van der Waals surface area contributed by atoms with Crippen LogP contribution in [0.25, 0.3) is 11.5 Å². The van der Waals surface area contributed by atoms with Crippen molar-refractivity contribution in [1.29, 1.82) is 0 Å². The molecule has 0 bridgehead atoms. The van der Waals surface area contributed by atoms with Gasteiger partial charge >= 0.3 is 12.4 Å². The first-order chi connectivity index (χ1) is 17.0. The number of aromatic nitrogens is 5. The van der Waals surface area contributed by atoms with Gasteiger partial charge in [0.2, 0.25) is 5.91 Å². The minimum Gasteiger partial charge on any atom is -0.467 e. The molecular formula is C21H14F6N6O2S. The summed E-state index contributed by atoms with van der Waals surface area (Å²) in [5, 5.41) is 10.4. The number of hydrogen-bond acceptors (Lipinski definition) is 7. The molecule has 36 heavy (non-hydrogen) atoms. The van der Waals surface area contributed by atoms with E-state index in [1.54, 1.807) is 16.7 Å². The maximum absolute atomic E-state index is 13.1. The summed E-state index contributed by atoms with van der Waals surface area (Å²) in [6.45, 7) is 0.165. The van der Waals surface area contributed by atoms with Crippen molar-refractivity contribution in [2.75, 3.05) is 11.1 Å². The molecule has 188 valence electrons. The van der Waals surface area contributed by atoms with Crippen LogP contribution in [0, 0.1) is 0 Å². The Hall–Kier alpha value is -3.88. The number of nitrogens with zero attached hydrogens (tertiary/aromatic N) is 5. The Bertz CT molecular complexity index is 1310. The monoisotopic (exact) mass is 528 g/mol. The third kappa shape index (κ3) is 6.02. The summed E-state index contributed by atoms with van der Waals surface area (Å²) < 4.78 is 85.3. The lowest BCUT2D eigenvalue weighted by atomic mass is 10.1. The van der Waals surface area contributed by atoms with E-state index in [9.17, 15) is 31.1 Å². The van der Waals surface area contributed by atoms with E-state index in [0.717, 1.165) is 11.8 Å². The number of carbonyl (C=O) groups is 1. The topological polar surface area (TPSA) is 98.7 Å². The molecule has 1 N–H and O–H groups in total. The molecule has 0 aliphatic carbocycles. The predicted molar refractivity (Wildman–Crippen MR) is 115 cm³/mol. The summed E-state index contributed by atoms with van der Waals surface area (Å²) in [5.41, 5.74) is -3.32. The average molecular weight is 528 g/mol. The molecule has 0 atom stereocenters. The first-order valence-corrected chi connectivity index (χ1v) is 10.9. The van der Waals surface area contributed by atoms with Crippen molar-refractivity contribution in [1.82, 2.24) is 24.7 Å². The maximum atomic E-state index is 13.1. The molecule has 0 aliphatic heterocycles. The van der Waals surface area contributed by atoms with Crippen molar-refractivity contribution in [3.63, 3.8) is 0 Å². The summed E-state index contributed by atoms with van der Waals surface area (Å²) in [5.74, 6) is -0.375. The minimum atomic E-state index is -5.03. The van der Waals surface area contributed by atoms with Crippen LogP contribution >= 0.6 is 11.8 Å². The smallest absolute Gasteiger partial charge is 0.416 e. The van der Waals surface area contributed by atoms with Crippen molar-refractivity contribution < 1.29 is 35.6 Å². The van der Waals surface area contributed by atoms with Crippen molar-refractivity contribution in [3.05, 3.63) is 72.1 Å². The number of furan rings is 1. The second-order valence-corrected chi connectivity index (χ2v) is 8.14. The van der Waals surface area contributed by atoms with Crippen LogP contribution in [-0.4, -0.2) is 36.4 Å². The van der Waals surface area contributed by atoms with Crippen LogP contribution in [-0.2, 0) is 23.7 Å². The largest absolute Gasteiger partial charge is 0.467 e. The number of hydrogen-bond donors (Lipinski definition) is 1. The number of rotatable bonds is 7. The fourth-order valence-electron chi connectivity index (χ4n) is 3.05. The Morgan fingerprint density at radius 3 is 2.33 bits per heavy atom. The zero-order chi connectivity index (χ0) is 25.9. The SMILES string of the molecule is O=C(CSc1nnc(-c2cnccn2)n1Cc1ccco1)Nc1cc(C(F)(F)F)cc(C(F)(F)F)c1. The molecule has 0 spiro atoms. The van der Waals surface area contributed by atoms with Gasteiger partial charge in [-0.05, 0) is 30.3 Å². The van der Waals surface area contributed by atoms with E-state index in [-0.39, 0.29) is 23.5 Å². The molecule has 15 heteroatoms. The molecule has 0 unspecified atom stereocenters. The van der Waals surface area contributed by atoms with Gasteiger partial charge in [-0.25, -0.2) is 4.98 Å². The molecule has 1 aromatic carbocycles. The van der Waals surface area contributed by atoms with Gasteiger partial charge in [0.1, 0.15) is 11.5 Å². The maximum Gasteiger partial charge on any atom is 0.416 e. The van der Waals surface area contributed by atoms with Gasteiger partial charge in [-0.2, -0.15) is 26.3 Å². The van der Waals surface area contributed by atoms with Gasteiger partial charge in [0.15, 0.2) is 11.0 Å². The molecule has 8 nitrogen and oxygen atoms in total. The number of benzene rings is 1. The molecule has 0 saturated carbocycles. The zero-order valence-corrected chi connectivity index (χ0v) is 18.7. The van der Waals surface area contributed by atoms with E-state index in [0.29, 0.717) is 29.4 Å². The number of thioether (sulfide) groups is 1. The van der Waals surface area contributed by atoms with Gasteiger partial charge in [-0.1, -0.05) is 11.8 Å².